The lowest BCUT2D eigenvalue weighted by molar-refractivity contribution is -0.137. The monoisotopic (exact) mass is 398 g/mol. The van der Waals surface area contributed by atoms with Gasteiger partial charge in [0.1, 0.15) is 0 Å². The summed E-state index contributed by atoms with van der Waals surface area (Å²) in [5.41, 5.74) is -0.303. The number of alkyl halides is 3. The summed E-state index contributed by atoms with van der Waals surface area (Å²) >= 11 is 0. The number of ether oxygens (including phenoxy) is 1. The van der Waals surface area contributed by atoms with E-state index in [1.165, 1.54) is 17.0 Å². The van der Waals surface area contributed by atoms with Crippen LogP contribution < -0.4 is 5.32 Å². The molecule has 2 N–H and O–H groups in total. The van der Waals surface area contributed by atoms with E-state index in [0.29, 0.717) is 18.6 Å². The first-order chi connectivity index (χ1) is 13.1. The fourth-order valence-corrected chi connectivity index (χ4v) is 5.08. The minimum absolute atomic E-state index is 0.0153. The Morgan fingerprint density at radius 3 is 2.61 bits per heavy atom. The van der Waals surface area contributed by atoms with Crippen LogP contribution in [0, 0.1) is 11.3 Å². The number of carbonyl (C=O) groups excluding carboxylic acids is 1. The third-order valence-corrected chi connectivity index (χ3v) is 6.54. The second-order valence-electron chi connectivity index (χ2n) is 8.67. The van der Waals surface area contributed by atoms with Crippen molar-refractivity contribution in [1.29, 1.82) is 0 Å². The van der Waals surface area contributed by atoms with Crippen molar-refractivity contribution in [3.8, 4) is 0 Å². The average Bonchev–Trinajstić information content (AvgIpc) is 3.24. The molecule has 0 radical (unpaired) electrons. The van der Waals surface area contributed by atoms with Crippen LogP contribution >= 0.6 is 0 Å². The van der Waals surface area contributed by atoms with Crippen molar-refractivity contribution in [2.75, 3.05) is 13.2 Å². The number of carbonyl (C=O) groups is 1. The van der Waals surface area contributed by atoms with Gasteiger partial charge in [-0.2, -0.15) is 13.2 Å². The van der Waals surface area contributed by atoms with Gasteiger partial charge < -0.3 is 20.1 Å². The van der Waals surface area contributed by atoms with E-state index >= 15 is 0 Å². The van der Waals surface area contributed by atoms with Gasteiger partial charge in [0.05, 0.1) is 23.8 Å². The number of nitrogens with zero attached hydrogens (tertiary/aromatic N) is 1. The van der Waals surface area contributed by atoms with Crippen molar-refractivity contribution in [3.05, 3.63) is 35.4 Å². The molecule has 0 aromatic heterocycles. The van der Waals surface area contributed by atoms with Crippen molar-refractivity contribution in [1.82, 2.24) is 10.2 Å². The van der Waals surface area contributed by atoms with Crippen molar-refractivity contribution < 1.29 is 27.8 Å². The van der Waals surface area contributed by atoms with E-state index < -0.39 is 23.9 Å². The molecule has 154 valence electrons. The molecule has 1 aromatic rings. The molecule has 3 aliphatic rings. The van der Waals surface area contributed by atoms with Crippen molar-refractivity contribution in [3.63, 3.8) is 0 Å². The van der Waals surface area contributed by atoms with E-state index in [2.05, 4.69) is 19.2 Å². The zero-order valence-corrected chi connectivity index (χ0v) is 15.9. The highest BCUT2D eigenvalue weighted by Gasteiger charge is 2.60. The predicted octanol–water partition coefficient (Wildman–Crippen LogP) is 3.34. The molecule has 5 atom stereocenters. The molecule has 1 aliphatic carbocycles. The number of benzene rings is 1. The van der Waals surface area contributed by atoms with Crippen LogP contribution in [0.25, 0.3) is 0 Å². The Labute approximate surface area is 161 Å². The van der Waals surface area contributed by atoms with E-state index in [-0.39, 0.29) is 36.1 Å². The number of nitrogens with one attached hydrogen (secondary N) is 1. The number of likely N-dealkylation sites (tertiary alicyclic amines) is 1. The smallest absolute Gasteiger partial charge is 0.391 e. The number of amides is 2. The molecule has 1 aromatic carbocycles. The predicted molar refractivity (Wildman–Crippen MR) is 95.5 cm³/mol. The van der Waals surface area contributed by atoms with Crippen LogP contribution in [-0.2, 0) is 10.9 Å². The fraction of sp³-hybridized carbons (Fsp3) is 0.650. The molecule has 5 nitrogen and oxygen atoms in total. The summed E-state index contributed by atoms with van der Waals surface area (Å²) < 4.78 is 44.2. The quantitative estimate of drug-likeness (QED) is 0.803. The SMILES string of the molecule is CC1(C)[C@H](NC(=O)N2C[C@H](O)C[C@@H]2c2ccc(C(F)(F)F)cc2)[C@H]2CCO[C@H]21. The zero-order chi connectivity index (χ0) is 20.3. The Hall–Kier alpha value is -1.80. The number of fused-ring (bicyclic) bond motifs is 1. The first kappa shape index (κ1) is 19.5. The lowest BCUT2D eigenvalue weighted by atomic mass is 9.57. The first-order valence-electron chi connectivity index (χ1n) is 9.63. The molecule has 3 fully saturated rings. The standard InChI is InChI=1S/C20H25F3N2O3/c1-19(2)16(14-7-8-28-17(14)19)24-18(27)25-10-13(26)9-15(25)11-3-5-12(6-4-11)20(21,22)23/h3-6,13-17,26H,7-10H2,1-2H3,(H,24,27)/t13-,14-,15-,16-,17-/m1/s1. The maximum absolute atomic E-state index is 13.0. The summed E-state index contributed by atoms with van der Waals surface area (Å²) in [7, 11) is 0. The molecule has 4 rings (SSSR count). The largest absolute Gasteiger partial charge is 0.416 e. The van der Waals surface area contributed by atoms with Gasteiger partial charge in [0.25, 0.3) is 0 Å². The van der Waals surface area contributed by atoms with Crippen LogP contribution in [0.1, 0.15) is 43.9 Å². The van der Waals surface area contributed by atoms with Gasteiger partial charge in [-0.3, -0.25) is 0 Å². The zero-order valence-electron chi connectivity index (χ0n) is 15.9. The highest BCUT2D eigenvalue weighted by Crippen LogP contribution is 2.52. The summed E-state index contributed by atoms with van der Waals surface area (Å²) in [5, 5.41) is 13.2. The minimum Gasteiger partial charge on any atom is -0.391 e. The molecule has 2 saturated heterocycles. The van der Waals surface area contributed by atoms with E-state index in [4.69, 9.17) is 4.74 Å². The average molecular weight is 398 g/mol. The Balaban J connectivity index is 1.49. The molecule has 0 unspecified atom stereocenters. The van der Waals surface area contributed by atoms with Crippen LogP contribution in [0.2, 0.25) is 0 Å². The first-order valence-corrected chi connectivity index (χ1v) is 9.63. The van der Waals surface area contributed by atoms with Gasteiger partial charge in [0.2, 0.25) is 0 Å². The van der Waals surface area contributed by atoms with Crippen LogP contribution in [-0.4, -0.2) is 47.4 Å². The van der Waals surface area contributed by atoms with Crippen LogP contribution in [0.5, 0.6) is 0 Å². The van der Waals surface area contributed by atoms with E-state index in [1.54, 1.807) is 0 Å². The van der Waals surface area contributed by atoms with Gasteiger partial charge in [-0.1, -0.05) is 26.0 Å². The van der Waals surface area contributed by atoms with Gasteiger partial charge in [-0.05, 0) is 30.5 Å². The highest BCUT2D eigenvalue weighted by atomic mass is 19.4. The molecule has 2 aliphatic heterocycles. The van der Waals surface area contributed by atoms with Crippen molar-refractivity contribution >= 4 is 6.03 Å². The number of β-amino-alcohol motifs (C(OH)–C–C–N with tert-alkyl or cyclic N) is 1. The fourth-order valence-electron chi connectivity index (χ4n) is 5.08. The maximum atomic E-state index is 13.0. The van der Waals surface area contributed by atoms with Crippen molar-refractivity contribution in [2.24, 2.45) is 11.3 Å². The van der Waals surface area contributed by atoms with Gasteiger partial charge in [0.15, 0.2) is 0 Å². The Morgan fingerprint density at radius 2 is 1.96 bits per heavy atom. The van der Waals surface area contributed by atoms with Gasteiger partial charge >= 0.3 is 12.2 Å². The van der Waals surface area contributed by atoms with Crippen LogP contribution in [0.4, 0.5) is 18.0 Å². The second-order valence-corrected chi connectivity index (χ2v) is 8.67. The number of halogens is 3. The molecular formula is C20H25F3N2O3. The summed E-state index contributed by atoms with van der Waals surface area (Å²) in [6.07, 6.45) is -3.74. The number of rotatable bonds is 2. The normalized spacial score (nSPS) is 34.1. The number of urea groups is 1. The lowest BCUT2D eigenvalue weighted by Crippen LogP contribution is -2.67. The molecule has 8 heteroatoms. The van der Waals surface area contributed by atoms with E-state index in [1.807, 2.05) is 0 Å². The summed E-state index contributed by atoms with van der Waals surface area (Å²) in [5.74, 6) is 0.288. The summed E-state index contributed by atoms with van der Waals surface area (Å²) in [4.78, 5) is 14.5. The molecule has 0 bridgehead atoms. The molecule has 0 spiro atoms. The molecule has 2 amide bonds. The van der Waals surface area contributed by atoms with Gasteiger partial charge in [-0.15, -0.1) is 0 Å². The third kappa shape index (κ3) is 3.16. The summed E-state index contributed by atoms with van der Waals surface area (Å²) in [6.45, 7) is 4.99. The Bertz CT molecular complexity index is 750. The minimum atomic E-state index is -4.40. The van der Waals surface area contributed by atoms with E-state index in [9.17, 15) is 23.1 Å². The Morgan fingerprint density at radius 1 is 1.29 bits per heavy atom. The number of hydrogen-bond donors (Lipinski definition) is 2. The topological polar surface area (TPSA) is 61.8 Å². The molecule has 28 heavy (non-hydrogen) atoms. The van der Waals surface area contributed by atoms with Crippen LogP contribution in [0.3, 0.4) is 0 Å². The Kier molecular flexibility index (Phi) is 4.62. The summed E-state index contributed by atoms with van der Waals surface area (Å²) in [6, 6.07) is 4.07. The molecular weight excluding hydrogens is 373 g/mol. The van der Waals surface area contributed by atoms with Crippen molar-refractivity contribution in [2.45, 2.75) is 57.2 Å². The third-order valence-electron chi connectivity index (χ3n) is 6.54. The number of aliphatic hydroxyl groups excluding tert-OH is 1. The lowest BCUT2D eigenvalue weighted by Gasteiger charge is -2.54. The number of hydrogen-bond acceptors (Lipinski definition) is 3. The van der Waals surface area contributed by atoms with E-state index in [0.717, 1.165) is 18.6 Å². The van der Waals surface area contributed by atoms with Gasteiger partial charge in [-0.25, -0.2) is 4.79 Å². The second kappa shape index (κ2) is 6.62. The van der Waals surface area contributed by atoms with Gasteiger partial charge in [0, 0.05) is 30.5 Å². The number of aliphatic hydroxyl groups is 1. The molecule has 2 heterocycles. The highest BCUT2D eigenvalue weighted by molar-refractivity contribution is 5.76. The maximum Gasteiger partial charge on any atom is 0.416 e. The molecule has 1 saturated carbocycles. The van der Waals surface area contributed by atoms with Crippen LogP contribution in [0.15, 0.2) is 24.3 Å².